The van der Waals surface area contributed by atoms with E-state index in [1.165, 1.54) is 0 Å². The third-order valence-electron chi connectivity index (χ3n) is 3.17. The van der Waals surface area contributed by atoms with E-state index in [9.17, 15) is 4.79 Å². The van der Waals surface area contributed by atoms with Gasteiger partial charge in [-0.05, 0) is 38.0 Å². The highest BCUT2D eigenvalue weighted by Crippen LogP contribution is 2.27. The summed E-state index contributed by atoms with van der Waals surface area (Å²) in [5.41, 5.74) is 6.80. The van der Waals surface area contributed by atoms with Crippen LogP contribution in [0.5, 0.6) is 5.75 Å². The summed E-state index contributed by atoms with van der Waals surface area (Å²) in [5, 5.41) is 2.94. The topological polar surface area (TPSA) is 64.3 Å². The van der Waals surface area contributed by atoms with Gasteiger partial charge in [0.2, 0.25) is 0 Å². The number of halogens is 1. The summed E-state index contributed by atoms with van der Waals surface area (Å²) >= 11 is 3.41. The second-order valence-corrected chi connectivity index (χ2v) is 5.76. The summed E-state index contributed by atoms with van der Waals surface area (Å²) in [5.74, 6) is 0.556. The lowest BCUT2D eigenvalue weighted by Crippen LogP contribution is -2.37. The van der Waals surface area contributed by atoms with E-state index in [4.69, 9.17) is 10.5 Å². The molecule has 0 spiro atoms. The summed E-state index contributed by atoms with van der Waals surface area (Å²) < 4.78 is 6.54. The molecule has 1 aromatic rings. The second-order valence-electron chi connectivity index (χ2n) is 4.84. The molecule has 0 aliphatic carbocycles. The SMILES string of the molecule is CCC(CC)NC(=O)COc1ccc(Br)cc1[C@H](C)N. The van der Waals surface area contributed by atoms with Gasteiger partial charge in [-0.25, -0.2) is 0 Å². The maximum atomic E-state index is 11.8. The molecule has 0 fully saturated rings. The Labute approximate surface area is 129 Å². The number of hydrogen-bond acceptors (Lipinski definition) is 3. The Balaban J connectivity index is 2.63. The lowest BCUT2D eigenvalue weighted by Gasteiger charge is -2.17. The summed E-state index contributed by atoms with van der Waals surface area (Å²) in [4.78, 5) is 11.8. The molecule has 0 aliphatic rings. The van der Waals surface area contributed by atoms with E-state index in [1.54, 1.807) is 0 Å². The Bertz CT molecular complexity index is 445. The number of carbonyl (C=O) groups is 1. The molecule has 0 saturated heterocycles. The van der Waals surface area contributed by atoms with Crippen molar-refractivity contribution in [2.24, 2.45) is 5.73 Å². The number of rotatable bonds is 7. The van der Waals surface area contributed by atoms with Crippen molar-refractivity contribution in [2.45, 2.75) is 45.7 Å². The van der Waals surface area contributed by atoms with Crippen molar-refractivity contribution in [3.8, 4) is 5.75 Å². The average Bonchev–Trinajstić information content (AvgIpc) is 2.43. The summed E-state index contributed by atoms with van der Waals surface area (Å²) in [6, 6.07) is 5.68. The maximum absolute atomic E-state index is 11.8. The zero-order chi connectivity index (χ0) is 15.1. The largest absolute Gasteiger partial charge is 0.483 e. The minimum Gasteiger partial charge on any atom is -0.483 e. The van der Waals surface area contributed by atoms with Crippen LogP contribution in [0.2, 0.25) is 0 Å². The molecule has 5 heteroatoms. The van der Waals surface area contributed by atoms with E-state index >= 15 is 0 Å². The molecular formula is C15H23BrN2O2. The molecule has 0 aromatic heterocycles. The van der Waals surface area contributed by atoms with Crippen LogP contribution < -0.4 is 15.8 Å². The van der Waals surface area contributed by atoms with Gasteiger partial charge in [0.05, 0.1) is 0 Å². The van der Waals surface area contributed by atoms with Crippen molar-refractivity contribution >= 4 is 21.8 Å². The van der Waals surface area contributed by atoms with Crippen molar-refractivity contribution in [3.63, 3.8) is 0 Å². The number of amides is 1. The summed E-state index contributed by atoms with van der Waals surface area (Å²) in [7, 11) is 0. The molecule has 0 aliphatic heterocycles. The number of carbonyl (C=O) groups excluding carboxylic acids is 1. The highest BCUT2D eigenvalue weighted by atomic mass is 79.9. The lowest BCUT2D eigenvalue weighted by atomic mass is 10.1. The highest BCUT2D eigenvalue weighted by molar-refractivity contribution is 9.10. The monoisotopic (exact) mass is 342 g/mol. The molecule has 4 nitrogen and oxygen atoms in total. The van der Waals surface area contributed by atoms with E-state index in [0.717, 1.165) is 22.9 Å². The van der Waals surface area contributed by atoms with Gasteiger partial charge >= 0.3 is 0 Å². The zero-order valence-corrected chi connectivity index (χ0v) is 13.9. The molecule has 1 rings (SSSR count). The van der Waals surface area contributed by atoms with Crippen LogP contribution in [-0.4, -0.2) is 18.6 Å². The van der Waals surface area contributed by atoms with Gasteiger partial charge in [-0.2, -0.15) is 0 Å². The molecule has 1 aromatic carbocycles. The lowest BCUT2D eigenvalue weighted by molar-refractivity contribution is -0.123. The second kappa shape index (κ2) is 8.27. The first-order chi connectivity index (χ1) is 9.47. The molecule has 1 atom stereocenters. The number of nitrogens with one attached hydrogen (secondary N) is 1. The molecular weight excluding hydrogens is 320 g/mol. The first kappa shape index (κ1) is 17.0. The fourth-order valence-corrected chi connectivity index (χ4v) is 2.29. The van der Waals surface area contributed by atoms with Gasteiger partial charge in [0.25, 0.3) is 5.91 Å². The summed E-state index contributed by atoms with van der Waals surface area (Å²) in [6.07, 6.45) is 1.84. The predicted octanol–water partition coefficient (Wildman–Crippen LogP) is 3.15. The Morgan fingerprint density at radius 2 is 2.05 bits per heavy atom. The van der Waals surface area contributed by atoms with Crippen LogP contribution in [0, 0.1) is 0 Å². The van der Waals surface area contributed by atoms with Crippen molar-refractivity contribution < 1.29 is 9.53 Å². The van der Waals surface area contributed by atoms with Gasteiger partial charge in [0.15, 0.2) is 6.61 Å². The van der Waals surface area contributed by atoms with E-state index < -0.39 is 0 Å². The van der Waals surface area contributed by atoms with E-state index in [-0.39, 0.29) is 24.6 Å². The molecule has 0 heterocycles. The van der Waals surface area contributed by atoms with Crippen molar-refractivity contribution in [1.82, 2.24) is 5.32 Å². The minimum atomic E-state index is -0.149. The first-order valence-corrected chi connectivity index (χ1v) is 7.74. The van der Waals surface area contributed by atoms with Gasteiger partial charge in [0, 0.05) is 22.1 Å². The highest BCUT2D eigenvalue weighted by Gasteiger charge is 2.12. The van der Waals surface area contributed by atoms with Crippen molar-refractivity contribution in [3.05, 3.63) is 28.2 Å². The van der Waals surface area contributed by atoms with Crippen LogP contribution >= 0.6 is 15.9 Å². The molecule has 0 bridgehead atoms. The molecule has 1 amide bonds. The van der Waals surface area contributed by atoms with Crippen LogP contribution in [0.1, 0.15) is 45.2 Å². The van der Waals surface area contributed by atoms with Gasteiger partial charge in [-0.1, -0.05) is 29.8 Å². The van der Waals surface area contributed by atoms with Gasteiger partial charge in [-0.15, -0.1) is 0 Å². The van der Waals surface area contributed by atoms with Crippen LogP contribution in [0.15, 0.2) is 22.7 Å². The normalized spacial score (nSPS) is 12.3. The molecule has 3 N–H and O–H groups in total. The third kappa shape index (κ3) is 5.13. The molecule has 20 heavy (non-hydrogen) atoms. The molecule has 0 unspecified atom stereocenters. The van der Waals surface area contributed by atoms with E-state index in [0.29, 0.717) is 5.75 Å². The van der Waals surface area contributed by atoms with Crippen LogP contribution in [0.3, 0.4) is 0 Å². The van der Waals surface area contributed by atoms with Gasteiger partial charge in [0.1, 0.15) is 5.75 Å². The van der Waals surface area contributed by atoms with Crippen LogP contribution in [0.4, 0.5) is 0 Å². The first-order valence-electron chi connectivity index (χ1n) is 6.95. The summed E-state index contributed by atoms with van der Waals surface area (Å²) in [6.45, 7) is 6.01. The fraction of sp³-hybridized carbons (Fsp3) is 0.533. The number of ether oxygens (including phenoxy) is 1. The van der Waals surface area contributed by atoms with Gasteiger partial charge < -0.3 is 15.8 Å². The van der Waals surface area contributed by atoms with Crippen molar-refractivity contribution in [1.29, 1.82) is 0 Å². The Hall–Kier alpha value is -1.07. The molecule has 0 saturated carbocycles. The molecule has 0 radical (unpaired) electrons. The Kier molecular flexibility index (Phi) is 7.02. The average molecular weight is 343 g/mol. The third-order valence-corrected chi connectivity index (χ3v) is 3.67. The van der Waals surface area contributed by atoms with Gasteiger partial charge in [-0.3, -0.25) is 4.79 Å². The standard InChI is InChI=1S/C15H23BrN2O2/c1-4-12(5-2)18-15(19)9-20-14-7-6-11(16)8-13(14)10(3)17/h6-8,10,12H,4-5,9,17H2,1-3H3,(H,18,19)/t10-/m0/s1. The zero-order valence-electron chi connectivity index (χ0n) is 12.3. The quantitative estimate of drug-likeness (QED) is 0.799. The van der Waals surface area contributed by atoms with E-state index in [2.05, 4.69) is 35.1 Å². The number of benzene rings is 1. The number of nitrogens with two attached hydrogens (primary N) is 1. The fourth-order valence-electron chi connectivity index (χ4n) is 1.91. The minimum absolute atomic E-state index is 0.0118. The van der Waals surface area contributed by atoms with E-state index in [1.807, 2.05) is 25.1 Å². The Morgan fingerprint density at radius 1 is 1.40 bits per heavy atom. The predicted molar refractivity (Wildman–Crippen MR) is 84.8 cm³/mol. The number of hydrogen-bond donors (Lipinski definition) is 2. The Morgan fingerprint density at radius 3 is 2.60 bits per heavy atom. The van der Waals surface area contributed by atoms with Crippen molar-refractivity contribution in [2.75, 3.05) is 6.61 Å². The smallest absolute Gasteiger partial charge is 0.258 e. The maximum Gasteiger partial charge on any atom is 0.258 e. The van der Waals surface area contributed by atoms with Crippen LogP contribution in [0.25, 0.3) is 0 Å². The molecule has 112 valence electrons. The van der Waals surface area contributed by atoms with Crippen LogP contribution in [-0.2, 0) is 4.79 Å².